The zero-order valence-corrected chi connectivity index (χ0v) is 14.8. The molecule has 1 heterocycles. The number of nitrogens with one attached hydrogen (secondary N) is 1. The van der Waals surface area contributed by atoms with E-state index in [0.29, 0.717) is 11.3 Å². The van der Waals surface area contributed by atoms with Crippen LogP contribution < -0.4 is 4.72 Å². The molecule has 0 atom stereocenters. The molecule has 0 unspecified atom stereocenters. The van der Waals surface area contributed by atoms with Crippen molar-refractivity contribution in [3.05, 3.63) is 72.6 Å². The van der Waals surface area contributed by atoms with Crippen molar-refractivity contribution in [3.8, 4) is 5.69 Å². The summed E-state index contributed by atoms with van der Waals surface area (Å²) >= 11 is 0. The highest BCUT2D eigenvalue weighted by Crippen LogP contribution is 2.18. The molecule has 3 rings (SSSR count). The van der Waals surface area contributed by atoms with Crippen LogP contribution in [0, 0.1) is 0 Å². The number of nitrogens with zero attached hydrogens (tertiary/aromatic N) is 2. The van der Waals surface area contributed by atoms with E-state index in [1.165, 1.54) is 36.4 Å². The van der Waals surface area contributed by atoms with Crippen LogP contribution in [0.1, 0.15) is 17.3 Å². The van der Waals surface area contributed by atoms with E-state index in [1.807, 2.05) is 0 Å². The van der Waals surface area contributed by atoms with E-state index in [2.05, 4.69) is 9.82 Å². The number of sulfonamides is 1. The Labute approximate surface area is 151 Å². The zero-order valence-electron chi connectivity index (χ0n) is 14.0. The van der Waals surface area contributed by atoms with E-state index in [9.17, 15) is 13.2 Å². The minimum Gasteiger partial charge on any atom is -0.462 e. The minimum absolute atomic E-state index is 0.128. The molecule has 0 saturated heterocycles. The Morgan fingerprint density at radius 1 is 1.12 bits per heavy atom. The predicted octanol–water partition coefficient (Wildman–Crippen LogP) is 2.85. The number of aromatic nitrogens is 2. The van der Waals surface area contributed by atoms with Crippen LogP contribution in [0.3, 0.4) is 0 Å². The number of ether oxygens (including phenoxy) is 1. The second-order valence-electron chi connectivity index (χ2n) is 5.35. The Hall–Kier alpha value is -3.13. The summed E-state index contributed by atoms with van der Waals surface area (Å²) < 4.78 is 34.0. The standard InChI is InChI=1S/C18H17N3O4S/c1-2-25-18(22)14-4-6-15(7-5-14)20-26(23,24)17-10-8-16(9-11-17)21-13-3-12-19-21/h3-13,20H,2H2,1H3. The van der Waals surface area contributed by atoms with Gasteiger partial charge in [-0.2, -0.15) is 5.10 Å². The first-order valence-electron chi connectivity index (χ1n) is 7.90. The highest BCUT2D eigenvalue weighted by atomic mass is 32.2. The second kappa shape index (κ2) is 7.40. The van der Waals surface area contributed by atoms with Gasteiger partial charge in [-0.1, -0.05) is 0 Å². The monoisotopic (exact) mass is 371 g/mol. The third-order valence-corrected chi connectivity index (χ3v) is 4.96. The Morgan fingerprint density at radius 2 is 1.81 bits per heavy atom. The molecule has 0 fully saturated rings. The molecular weight excluding hydrogens is 354 g/mol. The van der Waals surface area contributed by atoms with Gasteiger partial charge >= 0.3 is 5.97 Å². The van der Waals surface area contributed by atoms with Crippen LogP contribution in [0.4, 0.5) is 5.69 Å². The van der Waals surface area contributed by atoms with Gasteiger partial charge in [0.25, 0.3) is 10.0 Å². The van der Waals surface area contributed by atoms with Gasteiger partial charge in [-0.05, 0) is 61.5 Å². The van der Waals surface area contributed by atoms with Crippen molar-refractivity contribution < 1.29 is 17.9 Å². The number of carbonyl (C=O) groups is 1. The maximum Gasteiger partial charge on any atom is 0.338 e. The van der Waals surface area contributed by atoms with Crippen molar-refractivity contribution in [1.82, 2.24) is 9.78 Å². The van der Waals surface area contributed by atoms with Crippen LogP contribution in [-0.4, -0.2) is 30.8 Å². The summed E-state index contributed by atoms with van der Waals surface area (Å²) in [6.07, 6.45) is 3.42. The average Bonchev–Trinajstić information content (AvgIpc) is 3.17. The van der Waals surface area contributed by atoms with Crippen LogP contribution in [0.25, 0.3) is 5.69 Å². The van der Waals surface area contributed by atoms with Crippen LogP contribution in [0.2, 0.25) is 0 Å². The molecule has 0 bridgehead atoms. The summed E-state index contributed by atoms with van der Waals surface area (Å²) in [7, 11) is -3.74. The van der Waals surface area contributed by atoms with Crippen LogP contribution in [0.15, 0.2) is 71.9 Å². The first-order chi connectivity index (χ1) is 12.5. The van der Waals surface area contributed by atoms with E-state index >= 15 is 0 Å². The fourth-order valence-electron chi connectivity index (χ4n) is 2.30. The quantitative estimate of drug-likeness (QED) is 0.673. The molecule has 134 valence electrons. The Balaban J connectivity index is 1.75. The molecule has 3 aromatic rings. The molecule has 1 N–H and O–H groups in total. The number of hydrogen-bond acceptors (Lipinski definition) is 5. The predicted molar refractivity (Wildman–Crippen MR) is 96.8 cm³/mol. The van der Waals surface area contributed by atoms with Gasteiger partial charge in [0.1, 0.15) is 0 Å². The zero-order chi connectivity index (χ0) is 18.6. The topological polar surface area (TPSA) is 90.3 Å². The summed E-state index contributed by atoms with van der Waals surface area (Å²) in [5, 5.41) is 4.10. The largest absolute Gasteiger partial charge is 0.462 e. The first kappa shape index (κ1) is 17.7. The Morgan fingerprint density at radius 3 is 2.38 bits per heavy atom. The molecule has 1 aromatic heterocycles. The first-order valence-corrected chi connectivity index (χ1v) is 9.38. The third-order valence-electron chi connectivity index (χ3n) is 3.56. The average molecular weight is 371 g/mol. The molecule has 0 aliphatic heterocycles. The van der Waals surface area contributed by atoms with E-state index < -0.39 is 16.0 Å². The van der Waals surface area contributed by atoms with E-state index in [-0.39, 0.29) is 11.5 Å². The number of benzene rings is 2. The van der Waals surface area contributed by atoms with Gasteiger partial charge in [-0.25, -0.2) is 17.9 Å². The van der Waals surface area contributed by atoms with Gasteiger partial charge < -0.3 is 4.74 Å². The summed E-state index contributed by atoms with van der Waals surface area (Å²) in [5.41, 5.74) is 1.47. The van der Waals surface area contributed by atoms with Crippen LogP contribution in [-0.2, 0) is 14.8 Å². The second-order valence-corrected chi connectivity index (χ2v) is 7.03. The molecule has 0 radical (unpaired) electrons. The van der Waals surface area contributed by atoms with Crippen LogP contribution >= 0.6 is 0 Å². The van der Waals surface area contributed by atoms with Crippen molar-refractivity contribution in [2.24, 2.45) is 0 Å². The lowest BCUT2D eigenvalue weighted by atomic mass is 10.2. The maximum atomic E-state index is 12.5. The van der Waals surface area contributed by atoms with Crippen molar-refractivity contribution in [1.29, 1.82) is 0 Å². The molecule has 0 spiro atoms. The van der Waals surface area contributed by atoms with Gasteiger partial charge in [0.05, 0.1) is 22.8 Å². The van der Waals surface area contributed by atoms with Crippen molar-refractivity contribution in [2.75, 3.05) is 11.3 Å². The highest BCUT2D eigenvalue weighted by Gasteiger charge is 2.15. The van der Waals surface area contributed by atoms with Gasteiger partial charge in [-0.15, -0.1) is 0 Å². The third kappa shape index (κ3) is 3.92. The van der Waals surface area contributed by atoms with Crippen molar-refractivity contribution in [3.63, 3.8) is 0 Å². The smallest absolute Gasteiger partial charge is 0.338 e. The van der Waals surface area contributed by atoms with E-state index in [4.69, 9.17) is 4.74 Å². The number of rotatable bonds is 6. The van der Waals surface area contributed by atoms with E-state index in [0.717, 1.165) is 5.69 Å². The SMILES string of the molecule is CCOC(=O)c1ccc(NS(=O)(=O)c2ccc(-n3cccn3)cc2)cc1. The van der Waals surface area contributed by atoms with Crippen LogP contribution in [0.5, 0.6) is 0 Å². The maximum absolute atomic E-state index is 12.5. The lowest BCUT2D eigenvalue weighted by Gasteiger charge is -2.09. The number of anilines is 1. The molecule has 26 heavy (non-hydrogen) atoms. The van der Waals surface area contributed by atoms with Gasteiger partial charge in [0.2, 0.25) is 0 Å². The minimum atomic E-state index is -3.74. The van der Waals surface area contributed by atoms with Gasteiger partial charge in [-0.3, -0.25) is 4.72 Å². The summed E-state index contributed by atoms with van der Waals surface area (Å²) in [4.78, 5) is 11.8. The number of esters is 1. The summed E-state index contributed by atoms with van der Waals surface area (Å²) in [6, 6.07) is 14.2. The van der Waals surface area contributed by atoms with Crippen molar-refractivity contribution in [2.45, 2.75) is 11.8 Å². The fourth-order valence-corrected chi connectivity index (χ4v) is 3.36. The van der Waals surface area contributed by atoms with Gasteiger partial charge in [0.15, 0.2) is 0 Å². The van der Waals surface area contributed by atoms with Gasteiger partial charge in [0, 0.05) is 18.1 Å². The number of carbonyl (C=O) groups excluding carboxylic acids is 1. The highest BCUT2D eigenvalue weighted by molar-refractivity contribution is 7.92. The fraction of sp³-hybridized carbons (Fsp3) is 0.111. The van der Waals surface area contributed by atoms with E-state index in [1.54, 1.807) is 42.2 Å². The molecule has 0 aliphatic rings. The lowest BCUT2D eigenvalue weighted by molar-refractivity contribution is 0.0526. The summed E-state index contributed by atoms with van der Waals surface area (Å²) in [6.45, 7) is 2.00. The molecule has 0 aliphatic carbocycles. The molecule has 8 heteroatoms. The lowest BCUT2D eigenvalue weighted by Crippen LogP contribution is -2.13. The Bertz CT molecular complexity index is 980. The normalized spacial score (nSPS) is 11.1. The Kier molecular flexibility index (Phi) is 5.04. The van der Waals surface area contributed by atoms with Crippen molar-refractivity contribution >= 4 is 21.7 Å². The molecule has 0 saturated carbocycles. The molecular formula is C18H17N3O4S. The molecule has 2 aromatic carbocycles. The molecule has 7 nitrogen and oxygen atoms in total. The summed E-state index contributed by atoms with van der Waals surface area (Å²) in [5.74, 6) is -0.448. The molecule has 0 amide bonds. The number of hydrogen-bond donors (Lipinski definition) is 1.